The molecule has 1 aromatic carbocycles. The molecular weight excluding hydrogens is 260 g/mol. The molecule has 96 valence electrons. The molecule has 4 heteroatoms. The minimum absolute atomic E-state index is 0.329. The fraction of sp³-hybridized carbons (Fsp3) is 0.133. The summed E-state index contributed by atoms with van der Waals surface area (Å²) in [5, 5.41) is 0.712. The zero-order valence-corrected chi connectivity index (χ0v) is 11.0. The minimum atomic E-state index is 0.329. The van der Waals surface area contributed by atoms with Crippen LogP contribution >= 0.6 is 11.6 Å². The maximum atomic E-state index is 5.82. The highest BCUT2D eigenvalue weighted by atomic mass is 35.5. The first kappa shape index (κ1) is 13.4. The highest BCUT2D eigenvalue weighted by molar-refractivity contribution is 6.30. The van der Waals surface area contributed by atoms with E-state index in [2.05, 4.69) is 16.8 Å². The second kappa shape index (κ2) is 6.79. The fourth-order valence-electron chi connectivity index (χ4n) is 1.47. The molecule has 2 aromatic rings. The van der Waals surface area contributed by atoms with Crippen LogP contribution in [-0.2, 0) is 6.61 Å². The molecule has 3 nitrogen and oxygen atoms in total. The average molecular weight is 273 g/mol. The Labute approximate surface area is 117 Å². The number of rotatable bonds is 3. The zero-order valence-electron chi connectivity index (χ0n) is 10.3. The van der Waals surface area contributed by atoms with E-state index in [9.17, 15) is 0 Å². The summed E-state index contributed by atoms with van der Waals surface area (Å²) in [6.45, 7) is 0.794. The summed E-state index contributed by atoms with van der Waals surface area (Å²) in [6, 6.07) is 9.36. The molecule has 0 spiro atoms. The first-order chi connectivity index (χ1) is 9.28. The number of pyridine rings is 1. The Hall–Kier alpha value is -2.02. The van der Waals surface area contributed by atoms with Gasteiger partial charge in [0.05, 0.1) is 12.7 Å². The van der Waals surface area contributed by atoms with E-state index in [-0.39, 0.29) is 0 Å². The van der Waals surface area contributed by atoms with Gasteiger partial charge in [0, 0.05) is 16.8 Å². The lowest BCUT2D eigenvalue weighted by molar-refractivity contribution is 0.305. The van der Waals surface area contributed by atoms with Crippen molar-refractivity contribution in [3.8, 4) is 17.6 Å². The van der Waals surface area contributed by atoms with Crippen molar-refractivity contribution in [1.82, 2.24) is 4.98 Å². The predicted molar refractivity (Wildman–Crippen MR) is 76.0 cm³/mol. The molecule has 0 amide bonds. The molecule has 0 bridgehead atoms. The summed E-state index contributed by atoms with van der Waals surface area (Å²) in [4.78, 5) is 4.07. The van der Waals surface area contributed by atoms with Crippen LogP contribution in [0.1, 0.15) is 11.1 Å². The maximum absolute atomic E-state index is 5.82. The maximum Gasteiger partial charge on any atom is 0.139 e. The SMILES string of the molecule is NCC#Cc1cncc(OCc2ccc(Cl)cc2)c1. The van der Waals surface area contributed by atoms with Crippen molar-refractivity contribution in [2.24, 2.45) is 5.73 Å². The molecule has 0 aliphatic heterocycles. The highest BCUT2D eigenvalue weighted by Crippen LogP contribution is 2.14. The lowest BCUT2D eigenvalue weighted by Gasteiger charge is -2.06. The monoisotopic (exact) mass is 272 g/mol. The van der Waals surface area contributed by atoms with Gasteiger partial charge in [-0.05, 0) is 23.8 Å². The largest absolute Gasteiger partial charge is 0.487 e. The van der Waals surface area contributed by atoms with Crippen molar-refractivity contribution in [2.45, 2.75) is 6.61 Å². The van der Waals surface area contributed by atoms with E-state index in [0.29, 0.717) is 23.9 Å². The fourth-order valence-corrected chi connectivity index (χ4v) is 1.59. The van der Waals surface area contributed by atoms with Gasteiger partial charge in [-0.1, -0.05) is 35.6 Å². The van der Waals surface area contributed by atoms with Gasteiger partial charge >= 0.3 is 0 Å². The van der Waals surface area contributed by atoms with E-state index >= 15 is 0 Å². The van der Waals surface area contributed by atoms with E-state index in [1.54, 1.807) is 12.4 Å². The number of halogens is 1. The molecule has 0 atom stereocenters. The molecule has 2 N–H and O–H groups in total. The van der Waals surface area contributed by atoms with Crippen LogP contribution in [-0.4, -0.2) is 11.5 Å². The van der Waals surface area contributed by atoms with Gasteiger partial charge in [0.25, 0.3) is 0 Å². The van der Waals surface area contributed by atoms with E-state index in [0.717, 1.165) is 11.1 Å². The van der Waals surface area contributed by atoms with E-state index in [4.69, 9.17) is 22.1 Å². The molecule has 0 fully saturated rings. The van der Waals surface area contributed by atoms with Crippen LogP contribution in [0.4, 0.5) is 0 Å². The third-order valence-corrected chi connectivity index (χ3v) is 2.62. The van der Waals surface area contributed by atoms with Gasteiger partial charge in [-0.15, -0.1) is 0 Å². The summed E-state index contributed by atoms with van der Waals surface area (Å²) in [6.07, 6.45) is 3.33. The lowest BCUT2D eigenvalue weighted by Crippen LogP contribution is -1.96. The molecule has 1 aromatic heterocycles. The third-order valence-electron chi connectivity index (χ3n) is 2.37. The molecule has 0 radical (unpaired) electrons. The van der Waals surface area contributed by atoms with Crippen molar-refractivity contribution in [1.29, 1.82) is 0 Å². The number of hydrogen-bond acceptors (Lipinski definition) is 3. The van der Waals surface area contributed by atoms with Crippen LogP contribution in [0.15, 0.2) is 42.7 Å². The lowest BCUT2D eigenvalue weighted by atomic mass is 10.2. The zero-order chi connectivity index (χ0) is 13.5. The Bertz CT molecular complexity index is 600. The molecule has 0 saturated heterocycles. The Morgan fingerprint density at radius 3 is 2.74 bits per heavy atom. The number of nitrogens with zero attached hydrogens (tertiary/aromatic N) is 1. The van der Waals surface area contributed by atoms with Crippen molar-refractivity contribution in [2.75, 3.05) is 6.54 Å². The predicted octanol–water partition coefficient (Wildman–Crippen LogP) is 2.62. The number of ether oxygens (including phenoxy) is 1. The van der Waals surface area contributed by atoms with Crippen molar-refractivity contribution in [3.63, 3.8) is 0 Å². The van der Waals surface area contributed by atoms with Crippen molar-refractivity contribution < 1.29 is 4.74 Å². The second-order valence-corrected chi connectivity index (χ2v) is 4.27. The van der Waals surface area contributed by atoms with E-state index < -0.39 is 0 Å². The summed E-state index contributed by atoms with van der Waals surface area (Å²) in [5.41, 5.74) is 7.16. The Morgan fingerprint density at radius 1 is 1.21 bits per heavy atom. The van der Waals surface area contributed by atoms with Crippen LogP contribution in [0.25, 0.3) is 0 Å². The number of hydrogen-bond donors (Lipinski definition) is 1. The van der Waals surface area contributed by atoms with E-state index in [1.165, 1.54) is 0 Å². The Morgan fingerprint density at radius 2 is 2.00 bits per heavy atom. The smallest absolute Gasteiger partial charge is 0.139 e. The van der Waals surface area contributed by atoms with Gasteiger partial charge in [0.2, 0.25) is 0 Å². The Kier molecular flexibility index (Phi) is 4.79. The molecule has 0 aliphatic carbocycles. The Balaban J connectivity index is 2.01. The molecule has 0 unspecified atom stereocenters. The molecule has 0 aliphatic rings. The summed E-state index contributed by atoms with van der Waals surface area (Å²) in [7, 11) is 0. The van der Waals surface area contributed by atoms with Crippen LogP contribution in [0.5, 0.6) is 5.75 Å². The van der Waals surface area contributed by atoms with Crippen LogP contribution in [0.2, 0.25) is 5.02 Å². The van der Waals surface area contributed by atoms with Gasteiger partial charge in [0.1, 0.15) is 12.4 Å². The number of benzene rings is 1. The third kappa shape index (κ3) is 4.29. The summed E-state index contributed by atoms with van der Waals surface area (Å²) >= 11 is 5.82. The summed E-state index contributed by atoms with van der Waals surface area (Å²) in [5.74, 6) is 6.37. The molecule has 0 saturated carbocycles. The van der Waals surface area contributed by atoms with Crippen molar-refractivity contribution >= 4 is 11.6 Å². The number of aromatic nitrogens is 1. The highest BCUT2D eigenvalue weighted by Gasteiger charge is 1.98. The average Bonchev–Trinajstić information content (AvgIpc) is 2.45. The topological polar surface area (TPSA) is 48.1 Å². The normalized spacial score (nSPS) is 9.58. The number of nitrogens with two attached hydrogens (primary N) is 1. The second-order valence-electron chi connectivity index (χ2n) is 3.83. The van der Waals surface area contributed by atoms with Crippen LogP contribution in [0.3, 0.4) is 0 Å². The first-order valence-electron chi connectivity index (χ1n) is 5.79. The van der Waals surface area contributed by atoms with Gasteiger partial charge < -0.3 is 10.5 Å². The molecular formula is C15H13ClN2O. The molecule has 2 rings (SSSR count). The van der Waals surface area contributed by atoms with Crippen LogP contribution in [0, 0.1) is 11.8 Å². The quantitative estimate of drug-likeness (QED) is 0.874. The molecule has 19 heavy (non-hydrogen) atoms. The minimum Gasteiger partial charge on any atom is -0.487 e. The van der Waals surface area contributed by atoms with E-state index in [1.807, 2.05) is 30.3 Å². The van der Waals surface area contributed by atoms with Gasteiger partial charge in [-0.3, -0.25) is 4.98 Å². The summed E-state index contributed by atoms with van der Waals surface area (Å²) < 4.78 is 5.65. The molecule has 1 heterocycles. The van der Waals surface area contributed by atoms with Gasteiger partial charge in [-0.2, -0.15) is 0 Å². The first-order valence-corrected chi connectivity index (χ1v) is 6.17. The standard InChI is InChI=1S/C15H13ClN2O/c16-14-5-3-12(4-6-14)11-19-15-8-13(2-1-7-17)9-18-10-15/h3-6,8-10H,7,11,17H2. The van der Waals surface area contributed by atoms with Crippen LogP contribution < -0.4 is 10.5 Å². The van der Waals surface area contributed by atoms with Gasteiger partial charge in [-0.25, -0.2) is 0 Å². The van der Waals surface area contributed by atoms with Crippen molar-refractivity contribution in [3.05, 3.63) is 58.9 Å². The van der Waals surface area contributed by atoms with Gasteiger partial charge in [0.15, 0.2) is 0 Å².